The van der Waals surface area contributed by atoms with Crippen LogP contribution >= 0.6 is 11.8 Å². The summed E-state index contributed by atoms with van der Waals surface area (Å²) in [6, 6.07) is 0. The van der Waals surface area contributed by atoms with Gasteiger partial charge < -0.3 is 9.47 Å². The average Bonchev–Trinajstić information content (AvgIpc) is 2.40. The van der Waals surface area contributed by atoms with E-state index in [1.54, 1.807) is 59.4 Å². The van der Waals surface area contributed by atoms with Gasteiger partial charge in [-0.15, -0.1) is 11.8 Å². The van der Waals surface area contributed by atoms with Crippen molar-refractivity contribution < 1.29 is 23.9 Å². The third-order valence-electron chi connectivity index (χ3n) is 3.30. The van der Waals surface area contributed by atoms with Crippen LogP contribution in [0, 0.1) is 0 Å². The molecule has 1 fully saturated rings. The normalized spacial score (nSPS) is 21.1. The quantitative estimate of drug-likeness (QED) is 0.434. The van der Waals surface area contributed by atoms with Crippen molar-refractivity contribution in [2.75, 3.05) is 5.75 Å². The number of amides is 1. The Hall–Kier alpha value is -1.76. The van der Waals surface area contributed by atoms with E-state index in [1.807, 2.05) is 0 Å². The topological polar surface area (TPSA) is 72.9 Å². The van der Waals surface area contributed by atoms with Crippen LogP contribution in [-0.4, -0.2) is 45.1 Å². The van der Waals surface area contributed by atoms with Crippen molar-refractivity contribution in [1.29, 1.82) is 0 Å². The Labute approximate surface area is 152 Å². The van der Waals surface area contributed by atoms with Crippen LogP contribution in [0.3, 0.4) is 0 Å². The van der Waals surface area contributed by atoms with Gasteiger partial charge in [-0.05, 0) is 53.2 Å². The summed E-state index contributed by atoms with van der Waals surface area (Å²) in [5, 5.41) is -0.0336. The first-order valence-corrected chi connectivity index (χ1v) is 9.23. The van der Waals surface area contributed by atoms with E-state index in [0.717, 1.165) is 0 Å². The Bertz CT molecular complexity index is 651. The Balaban J connectivity index is 2.28. The minimum Gasteiger partial charge on any atom is -0.457 e. The number of carbonyl (C=O) groups excluding carboxylic acids is 3. The van der Waals surface area contributed by atoms with Crippen molar-refractivity contribution in [3.63, 3.8) is 0 Å². The summed E-state index contributed by atoms with van der Waals surface area (Å²) in [6.45, 7) is 10.7. The van der Waals surface area contributed by atoms with Gasteiger partial charge in [0.05, 0.1) is 11.8 Å². The Morgan fingerprint density at radius 2 is 1.72 bits per heavy atom. The molecule has 2 aliphatic rings. The molecule has 0 spiro atoms. The lowest BCUT2D eigenvalue weighted by molar-refractivity contribution is -0.157. The maximum Gasteiger partial charge on any atom is 0.355 e. The lowest BCUT2D eigenvalue weighted by Gasteiger charge is -2.44. The van der Waals surface area contributed by atoms with Crippen LogP contribution in [0.5, 0.6) is 0 Å². The zero-order chi connectivity index (χ0) is 19.0. The van der Waals surface area contributed by atoms with Crippen molar-refractivity contribution in [2.24, 2.45) is 0 Å². The zero-order valence-electron chi connectivity index (χ0n) is 15.5. The van der Waals surface area contributed by atoms with Crippen LogP contribution in [0.2, 0.25) is 0 Å². The Morgan fingerprint density at radius 1 is 1.12 bits per heavy atom. The molecular formula is C18H25NO5S. The highest BCUT2D eigenvalue weighted by Gasteiger charge is 2.45. The summed E-state index contributed by atoms with van der Waals surface area (Å²) >= 11 is 1.56. The van der Waals surface area contributed by atoms with Crippen molar-refractivity contribution >= 4 is 29.6 Å². The van der Waals surface area contributed by atoms with E-state index in [2.05, 4.69) is 0 Å². The predicted molar refractivity (Wildman–Crippen MR) is 95.6 cm³/mol. The number of rotatable bonds is 3. The highest BCUT2D eigenvalue weighted by atomic mass is 32.2. The molecule has 0 N–H and O–H groups in total. The molecule has 0 aromatic heterocycles. The molecule has 1 saturated heterocycles. The van der Waals surface area contributed by atoms with Crippen LogP contribution < -0.4 is 0 Å². The van der Waals surface area contributed by atoms with E-state index in [4.69, 9.17) is 9.47 Å². The van der Waals surface area contributed by atoms with Gasteiger partial charge in [0, 0.05) is 11.8 Å². The maximum atomic E-state index is 12.6. The smallest absolute Gasteiger partial charge is 0.355 e. The first-order chi connectivity index (χ1) is 11.4. The average molecular weight is 367 g/mol. The molecule has 0 saturated carbocycles. The van der Waals surface area contributed by atoms with Crippen LogP contribution in [0.25, 0.3) is 0 Å². The van der Waals surface area contributed by atoms with Gasteiger partial charge in [-0.1, -0.05) is 0 Å². The van der Waals surface area contributed by atoms with Gasteiger partial charge in [0.2, 0.25) is 5.91 Å². The van der Waals surface area contributed by atoms with Crippen LogP contribution in [-0.2, 0) is 23.9 Å². The second-order valence-corrected chi connectivity index (χ2v) is 9.14. The molecule has 7 heteroatoms. The minimum atomic E-state index is -0.669. The number of β-lactam (4-membered cyclic amide) rings is 1. The van der Waals surface area contributed by atoms with Gasteiger partial charge in [-0.3, -0.25) is 9.69 Å². The van der Waals surface area contributed by atoms with Crippen LogP contribution in [0.4, 0.5) is 0 Å². The van der Waals surface area contributed by atoms with Gasteiger partial charge in [-0.25, -0.2) is 9.59 Å². The molecule has 138 valence electrons. The van der Waals surface area contributed by atoms with Gasteiger partial charge in [-0.2, -0.15) is 0 Å². The molecule has 0 aromatic rings. The fraction of sp³-hybridized carbons (Fsp3) is 0.611. The molecule has 1 atom stereocenters. The van der Waals surface area contributed by atoms with E-state index in [1.165, 1.54) is 11.0 Å². The molecule has 0 radical (unpaired) electrons. The minimum absolute atomic E-state index is 0.0336. The Kier molecular flexibility index (Phi) is 5.37. The lowest BCUT2D eigenvalue weighted by atomic mass is 10.1. The summed E-state index contributed by atoms with van der Waals surface area (Å²) < 4.78 is 10.7. The standard InChI is InChI=1S/C18H25NO5S/c1-17(2,3)23-14(21)8-7-11-10-25-13-9-12(20)19(13)15(11)16(22)24-18(4,5)6/h7-8,13H,9-10H2,1-6H3/t13-/m0/s1. The summed E-state index contributed by atoms with van der Waals surface area (Å²) in [5.41, 5.74) is -0.439. The highest BCUT2D eigenvalue weighted by molar-refractivity contribution is 8.00. The SMILES string of the molecule is CC(C)(C)OC(=O)C=CC1=C(C(=O)OC(C)(C)C)N2C(=O)C[C@@H]2SC1. The number of carbonyl (C=O) groups is 3. The summed E-state index contributed by atoms with van der Waals surface area (Å²) in [5.74, 6) is -0.621. The molecule has 0 aliphatic carbocycles. The number of fused-ring (bicyclic) bond motifs is 1. The predicted octanol–water partition coefficient (Wildman–Crippen LogP) is 2.79. The molecule has 2 rings (SSSR count). The fourth-order valence-electron chi connectivity index (χ4n) is 2.39. The first kappa shape index (κ1) is 19.6. The van der Waals surface area contributed by atoms with Crippen LogP contribution in [0.1, 0.15) is 48.0 Å². The van der Waals surface area contributed by atoms with Crippen molar-refractivity contribution in [3.05, 3.63) is 23.4 Å². The van der Waals surface area contributed by atoms with Gasteiger partial charge in [0.15, 0.2) is 0 Å². The summed E-state index contributed by atoms with van der Waals surface area (Å²) in [6.07, 6.45) is 3.25. The molecule has 1 amide bonds. The maximum absolute atomic E-state index is 12.6. The number of esters is 2. The van der Waals surface area contributed by atoms with E-state index in [0.29, 0.717) is 17.7 Å². The van der Waals surface area contributed by atoms with E-state index < -0.39 is 23.1 Å². The monoisotopic (exact) mass is 367 g/mol. The molecule has 6 nitrogen and oxygen atoms in total. The number of nitrogens with zero attached hydrogens (tertiary/aromatic N) is 1. The molecule has 0 aromatic carbocycles. The molecular weight excluding hydrogens is 342 g/mol. The first-order valence-electron chi connectivity index (χ1n) is 8.18. The van der Waals surface area contributed by atoms with Gasteiger partial charge in [0.1, 0.15) is 16.9 Å². The molecule has 2 aliphatic heterocycles. The number of ether oxygens (including phenoxy) is 2. The number of thioether (sulfide) groups is 1. The summed E-state index contributed by atoms with van der Waals surface area (Å²) in [4.78, 5) is 37.9. The van der Waals surface area contributed by atoms with E-state index in [9.17, 15) is 14.4 Å². The van der Waals surface area contributed by atoms with Crippen molar-refractivity contribution in [2.45, 2.75) is 64.5 Å². The van der Waals surface area contributed by atoms with Gasteiger partial charge in [0.25, 0.3) is 0 Å². The second-order valence-electron chi connectivity index (χ2n) is 7.98. The largest absolute Gasteiger partial charge is 0.457 e. The van der Waals surface area contributed by atoms with E-state index >= 15 is 0 Å². The number of hydrogen-bond acceptors (Lipinski definition) is 6. The third kappa shape index (κ3) is 5.11. The second kappa shape index (κ2) is 6.86. The van der Waals surface area contributed by atoms with Crippen molar-refractivity contribution in [1.82, 2.24) is 4.90 Å². The molecule has 25 heavy (non-hydrogen) atoms. The molecule has 2 heterocycles. The number of allylic oxidation sites excluding steroid dienone is 1. The van der Waals surface area contributed by atoms with Crippen LogP contribution in [0.15, 0.2) is 23.4 Å². The summed E-state index contributed by atoms with van der Waals surface area (Å²) in [7, 11) is 0. The molecule has 0 unspecified atom stereocenters. The fourth-order valence-corrected chi connectivity index (χ4v) is 3.62. The lowest BCUT2D eigenvalue weighted by Crippen LogP contribution is -2.54. The van der Waals surface area contributed by atoms with Crippen molar-refractivity contribution in [3.8, 4) is 0 Å². The molecule has 0 bridgehead atoms. The number of hydrogen-bond donors (Lipinski definition) is 0. The zero-order valence-corrected chi connectivity index (χ0v) is 16.4. The highest BCUT2D eigenvalue weighted by Crippen LogP contribution is 2.40. The Morgan fingerprint density at radius 3 is 2.24 bits per heavy atom. The van der Waals surface area contributed by atoms with Gasteiger partial charge >= 0.3 is 11.9 Å². The van der Waals surface area contributed by atoms with E-state index in [-0.39, 0.29) is 17.0 Å². The third-order valence-corrected chi connectivity index (χ3v) is 4.54.